The Labute approximate surface area is 238 Å². The van der Waals surface area contributed by atoms with Crippen LogP contribution in [-0.2, 0) is 23.9 Å². The first kappa shape index (κ1) is 29.8. The molecule has 0 spiro atoms. The molecule has 11 nitrogen and oxygen atoms in total. The van der Waals surface area contributed by atoms with Crippen LogP contribution in [0.2, 0.25) is 0 Å². The van der Waals surface area contributed by atoms with Crippen LogP contribution in [0.15, 0.2) is 42.6 Å². The van der Waals surface area contributed by atoms with E-state index in [0.717, 1.165) is 25.7 Å². The largest absolute Gasteiger partial charge is 0.493 e. The lowest BCUT2D eigenvalue weighted by Crippen LogP contribution is -2.47. The zero-order valence-corrected chi connectivity index (χ0v) is 23.5. The molecule has 2 aromatic rings. The third kappa shape index (κ3) is 7.74. The lowest BCUT2D eigenvalue weighted by molar-refractivity contribution is -0.177. The second-order valence-electron chi connectivity index (χ2n) is 10.2. The molecule has 2 fully saturated rings. The summed E-state index contributed by atoms with van der Waals surface area (Å²) in [5.74, 6) is -2.01. The SMILES string of the molecule is COc1ccnc(C(=O)N[C@H]2CCC[C@H](Oc3ccccc3)[C@@H](OC(=O)C3CCCC3)[C@H](C)OC2=O)c1OC(C)=O. The first-order valence-corrected chi connectivity index (χ1v) is 13.9. The second kappa shape index (κ2) is 14.0. The Kier molecular flexibility index (Phi) is 10.2. The molecule has 2 aliphatic rings. The fourth-order valence-corrected chi connectivity index (χ4v) is 5.16. The molecule has 11 heteroatoms. The summed E-state index contributed by atoms with van der Waals surface area (Å²) in [6.07, 6.45) is 3.63. The van der Waals surface area contributed by atoms with Gasteiger partial charge in [0.25, 0.3) is 5.91 Å². The number of nitrogens with one attached hydrogen (secondary N) is 1. The van der Waals surface area contributed by atoms with Gasteiger partial charge in [0.05, 0.1) is 13.0 Å². The summed E-state index contributed by atoms with van der Waals surface area (Å²) >= 11 is 0. The van der Waals surface area contributed by atoms with Crippen molar-refractivity contribution in [3.8, 4) is 17.2 Å². The van der Waals surface area contributed by atoms with Crippen molar-refractivity contribution in [2.75, 3.05) is 7.11 Å². The molecule has 1 aromatic heterocycles. The molecule has 220 valence electrons. The topological polar surface area (TPSA) is 139 Å². The molecule has 1 aliphatic heterocycles. The van der Waals surface area contributed by atoms with E-state index >= 15 is 0 Å². The minimum absolute atomic E-state index is 0.138. The van der Waals surface area contributed by atoms with Gasteiger partial charge in [-0.2, -0.15) is 0 Å². The number of hydrogen-bond acceptors (Lipinski definition) is 10. The van der Waals surface area contributed by atoms with E-state index in [1.54, 1.807) is 6.92 Å². The summed E-state index contributed by atoms with van der Waals surface area (Å²) in [7, 11) is 1.37. The fraction of sp³-hybridized carbons (Fsp3) is 0.500. The fourth-order valence-electron chi connectivity index (χ4n) is 5.16. The van der Waals surface area contributed by atoms with Gasteiger partial charge in [-0.25, -0.2) is 9.78 Å². The summed E-state index contributed by atoms with van der Waals surface area (Å²) in [5.41, 5.74) is -0.214. The monoisotopic (exact) mass is 568 g/mol. The number of aromatic nitrogens is 1. The number of amides is 1. The van der Waals surface area contributed by atoms with Crippen LogP contribution in [0.1, 0.15) is 69.3 Å². The van der Waals surface area contributed by atoms with Gasteiger partial charge in [0.2, 0.25) is 5.75 Å². The molecule has 0 radical (unpaired) electrons. The molecule has 1 amide bonds. The van der Waals surface area contributed by atoms with Crippen LogP contribution in [0, 0.1) is 5.92 Å². The average molecular weight is 569 g/mol. The van der Waals surface area contributed by atoms with Crippen molar-refractivity contribution in [2.45, 2.75) is 83.1 Å². The maximum atomic E-state index is 13.3. The number of nitrogens with zero attached hydrogens (tertiary/aromatic N) is 1. The van der Waals surface area contributed by atoms with Gasteiger partial charge < -0.3 is 29.0 Å². The summed E-state index contributed by atoms with van der Waals surface area (Å²) in [4.78, 5) is 55.2. The van der Waals surface area contributed by atoms with Gasteiger partial charge in [-0.15, -0.1) is 0 Å². The van der Waals surface area contributed by atoms with Crippen molar-refractivity contribution in [1.82, 2.24) is 10.3 Å². The smallest absolute Gasteiger partial charge is 0.329 e. The minimum Gasteiger partial charge on any atom is -0.493 e. The number of esters is 3. The number of methoxy groups -OCH3 is 1. The predicted octanol–water partition coefficient (Wildman–Crippen LogP) is 3.78. The van der Waals surface area contributed by atoms with Gasteiger partial charge >= 0.3 is 17.9 Å². The first-order chi connectivity index (χ1) is 19.8. The molecular formula is C30H36N2O9. The van der Waals surface area contributed by atoms with Crippen LogP contribution < -0.4 is 19.5 Å². The van der Waals surface area contributed by atoms with Crippen LogP contribution in [0.25, 0.3) is 0 Å². The Bertz CT molecular complexity index is 1230. The predicted molar refractivity (Wildman–Crippen MR) is 145 cm³/mol. The van der Waals surface area contributed by atoms with Crippen molar-refractivity contribution in [3.63, 3.8) is 0 Å². The van der Waals surface area contributed by atoms with E-state index in [1.165, 1.54) is 26.3 Å². The second-order valence-corrected chi connectivity index (χ2v) is 10.2. The molecule has 0 bridgehead atoms. The van der Waals surface area contributed by atoms with Crippen molar-refractivity contribution < 1.29 is 42.9 Å². The molecule has 1 saturated heterocycles. The van der Waals surface area contributed by atoms with Gasteiger partial charge in [0, 0.05) is 19.2 Å². The van der Waals surface area contributed by atoms with E-state index in [4.69, 9.17) is 23.7 Å². The zero-order chi connectivity index (χ0) is 29.4. The maximum absolute atomic E-state index is 13.3. The molecule has 4 rings (SSSR count). The van der Waals surface area contributed by atoms with Gasteiger partial charge in [0.15, 0.2) is 17.5 Å². The first-order valence-electron chi connectivity index (χ1n) is 13.9. The highest BCUT2D eigenvalue weighted by Gasteiger charge is 2.40. The van der Waals surface area contributed by atoms with Crippen molar-refractivity contribution >= 4 is 23.8 Å². The number of para-hydroxylation sites is 1. The maximum Gasteiger partial charge on any atom is 0.329 e. The summed E-state index contributed by atoms with van der Waals surface area (Å²) < 4.78 is 28.4. The lowest BCUT2D eigenvalue weighted by atomic mass is 10.0. The highest BCUT2D eigenvalue weighted by atomic mass is 16.6. The normalized spacial score (nSPS) is 23.2. The van der Waals surface area contributed by atoms with Gasteiger partial charge in [0.1, 0.15) is 24.0 Å². The Morgan fingerprint density at radius 2 is 1.73 bits per heavy atom. The number of cyclic esters (lactones) is 1. The molecule has 41 heavy (non-hydrogen) atoms. The molecule has 1 aliphatic carbocycles. The van der Waals surface area contributed by atoms with E-state index in [0.29, 0.717) is 18.6 Å². The Morgan fingerprint density at radius 1 is 1.00 bits per heavy atom. The van der Waals surface area contributed by atoms with Gasteiger partial charge in [-0.05, 0) is 51.2 Å². The summed E-state index contributed by atoms with van der Waals surface area (Å²) in [5, 5.41) is 2.66. The highest BCUT2D eigenvalue weighted by Crippen LogP contribution is 2.31. The van der Waals surface area contributed by atoms with E-state index in [-0.39, 0.29) is 35.5 Å². The lowest BCUT2D eigenvalue weighted by Gasteiger charge is -2.31. The average Bonchev–Trinajstić information content (AvgIpc) is 3.51. The number of benzene rings is 1. The Hall–Kier alpha value is -4.15. The number of ether oxygens (including phenoxy) is 5. The Balaban J connectivity index is 1.54. The van der Waals surface area contributed by atoms with E-state index in [1.807, 2.05) is 30.3 Å². The molecule has 0 unspecified atom stereocenters. The van der Waals surface area contributed by atoms with Crippen LogP contribution in [-0.4, -0.2) is 60.3 Å². The standard InChI is InChI=1S/C30H36N2O9/c1-18-26(41-29(35)20-10-7-8-11-20)24(40-21-12-5-4-6-13-21)15-9-14-22(30(36)38-18)32-28(34)25-27(39-19(2)33)23(37-3)16-17-31-25/h4-6,12-13,16-18,20,22,24,26H,7-11,14-15H2,1-3H3,(H,32,34)/t18-,22-,24-,26-/m0/s1. The number of pyridine rings is 1. The minimum atomic E-state index is -1.04. The quantitative estimate of drug-likeness (QED) is 0.468. The van der Waals surface area contributed by atoms with Crippen LogP contribution in [0.5, 0.6) is 17.2 Å². The molecule has 1 saturated carbocycles. The van der Waals surface area contributed by atoms with E-state index in [9.17, 15) is 19.2 Å². The Morgan fingerprint density at radius 3 is 2.41 bits per heavy atom. The third-order valence-corrected chi connectivity index (χ3v) is 7.22. The number of carbonyl (C=O) groups excluding carboxylic acids is 4. The molecular weight excluding hydrogens is 532 g/mol. The van der Waals surface area contributed by atoms with Crippen LogP contribution in [0.4, 0.5) is 0 Å². The van der Waals surface area contributed by atoms with Crippen LogP contribution in [0.3, 0.4) is 0 Å². The molecule has 1 aromatic carbocycles. The molecule has 4 atom stereocenters. The highest BCUT2D eigenvalue weighted by molar-refractivity contribution is 5.98. The van der Waals surface area contributed by atoms with E-state index in [2.05, 4.69) is 10.3 Å². The van der Waals surface area contributed by atoms with E-state index < -0.39 is 42.2 Å². The van der Waals surface area contributed by atoms with Gasteiger partial charge in [-0.3, -0.25) is 14.4 Å². The van der Waals surface area contributed by atoms with Gasteiger partial charge in [-0.1, -0.05) is 31.0 Å². The van der Waals surface area contributed by atoms with Crippen LogP contribution >= 0.6 is 0 Å². The molecule has 2 heterocycles. The summed E-state index contributed by atoms with van der Waals surface area (Å²) in [6.45, 7) is 2.84. The molecule has 1 N–H and O–H groups in total. The van der Waals surface area contributed by atoms with Crippen molar-refractivity contribution in [2.24, 2.45) is 5.92 Å². The number of rotatable bonds is 8. The van der Waals surface area contributed by atoms with Crippen molar-refractivity contribution in [1.29, 1.82) is 0 Å². The van der Waals surface area contributed by atoms with Crippen molar-refractivity contribution in [3.05, 3.63) is 48.3 Å². The summed E-state index contributed by atoms with van der Waals surface area (Å²) in [6, 6.07) is 9.59. The number of hydrogen-bond donors (Lipinski definition) is 1. The third-order valence-electron chi connectivity index (χ3n) is 7.22. The number of carbonyl (C=O) groups is 4. The zero-order valence-electron chi connectivity index (χ0n) is 23.5.